The van der Waals surface area contributed by atoms with Crippen LogP contribution in [0.4, 0.5) is 0 Å². The van der Waals surface area contributed by atoms with E-state index in [0.717, 1.165) is 5.56 Å². The minimum atomic E-state index is -1.08. The maximum Gasteiger partial charge on any atom is 0.339 e. The number of carbonyl (C=O) groups is 1. The lowest BCUT2D eigenvalue weighted by molar-refractivity contribution is 0.0693. The summed E-state index contributed by atoms with van der Waals surface area (Å²) in [6, 6.07) is 3.20. The fourth-order valence-electron chi connectivity index (χ4n) is 1.61. The molecule has 0 aliphatic carbocycles. The summed E-state index contributed by atoms with van der Waals surface area (Å²) in [5.74, 6) is -0.990. The normalized spacial score (nSPS) is 10.6. The molecule has 0 heterocycles. The smallest absolute Gasteiger partial charge is 0.339 e. The molecule has 0 fully saturated rings. The van der Waals surface area contributed by atoms with E-state index in [0.29, 0.717) is 5.56 Å². The molecule has 0 saturated heterocycles. The number of carboxylic acids is 1. The predicted molar refractivity (Wildman–Crippen MR) is 53.9 cm³/mol. The fraction of sp³-hybridized carbons (Fsp3) is 0.364. The molecule has 0 saturated carbocycles. The second-order valence-electron chi connectivity index (χ2n) is 3.63. The molecule has 1 rings (SSSR count). The van der Waals surface area contributed by atoms with Gasteiger partial charge in [0, 0.05) is 0 Å². The number of hydrogen-bond donors (Lipinski definition) is 2. The molecule has 1 aromatic carbocycles. The molecule has 3 nitrogen and oxygen atoms in total. The molecule has 0 bridgehead atoms. The van der Waals surface area contributed by atoms with Crippen LogP contribution in [-0.2, 0) is 0 Å². The van der Waals surface area contributed by atoms with Gasteiger partial charge in [0.1, 0.15) is 11.3 Å². The summed E-state index contributed by atoms with van der Waals surface area (Å²) in [5.41, 5.74) is 1.61. The number of rotatable bonds is 2. The predicted octanol–water partition coefficient (Wildman–Crippen LogP) is 2.52. The third-order valence-corrected chi connectivity index (χ3v) is 2.32. The van der Waals surface area contributed by atoms with Gasteiger partial charge in [-0.2, -0.15) is 0 Å². The average molecular weight is 194 g/mol. The SMILES string of the molecule is Cc1c(C(C)C)ccc(O)c1C(=O)O. The highest BCUT2D eigenvalue weighted by Crippen LogP contribution is 2.28. The number of carboxylic acid groups (broad SMARTS) is 1. The van der Waals surface area contributed by atoms with E-state index in [1.165, 1.54) is 6.07 Å². The lowest BCUT2D eigenvalue weighted by atomic mass is 9.94. The van der Waals surface area contributed by atoms with Crippen LogP contribution in [0.15, 0.2) is 12.1 Å². The molecule has 0 spiro atoms. The Labute approximate surface area is 83.0 Å². The Morgan fingerprint density at radius 2 is 1.93 bits per heavy atom. The molecule has 76 valence electrons. The first-order valence-corrected chi connectivity index (χ1v) is 4.51. The van der Waals surface area contributed by atoms with Gasteiger partial charge in [-0.05, 0) is 30.0 Å². The molecule has 14 heavy (non-hydrogen) atoms. The summed E-state index contributed by atoms with van der Waals surface area (Å²) in [6.07, 6.45) is 0. The average Bonchev–Trinajstić information content (AvgIpc) is 2.02. The minimum absolute atomic E-state index is 0.0104. The third kappa shape index (κ3) is 1.71. The highest BCUT2D eigenvalue weighted by Gasteiger charge is 2.16. The number of benzene rings is 1. The highest BCUT2D eigenvalue weighted by atomic mass is 16.4. The largest absolute Gasteiger partial charge is 0.507 e. The maximum absolute atomic E-state index is 10.9. The monoisotopic (exact) mass is 194 g/mol. The van der Waals surface area contributed by atoms with Crippen LogP contribution in [0.3, 0.4) is 0 Å². The Morgan fingerprint density at radius 3 is 2.36 bits per heavy atom. The molecular weight excluding hydrogens is 180 g/mol. The van der Waals surface area contributed by atoms with E-state index in [1.54, 1.807) is 13.0 Å². The molecule has 0 amide bonds. The molecule has 1 aromatic rings. The quantitative estimate of drug-likeness (QED) is 0.760. The van der Waals surface area contributed by atoms with E-state index < -0.39 is 5.97 Å². The van der Waals surface area contributed by atoms with Gasteiger partial charge < -0.3 is 10.2 Å². The van der Waals surface area contributed by atoms with Gasteiger partial charge in [0.05, 0.1) is 0 Å². The van der Waals surface area contributed by atoms with Crippen molar-refractivity contribution in [2.45, 2.75) is 26.7 Å². The second-order valence-corrected chi connectivity index (χ2v) is 3.63. The summed E-state index contributed by atoms with van der Waals surface area (Å²) >= 11 is 0. The summed E-state index contributed by atoms with van der Waals surface area (Å²) in [6.45, 7) is 5.70. The number of hydrogen-bond acceptors (Lipinski definition) is 2. The van der Waals surface area contributed by atoms with Crippen molar-refractivity contribution in [1.29, 1.82) is 0 Å². The van der Waals surface area contributed by atoms with E-state index in [2.05, 4.69) is 0 Å². The van der Waals surface area contributed by atoms with E-state index in [4.69, 9.17) is 5.11 Å². The topological polar surface area (TPSA) is 57.5 Å². The standard InChI is InChI=1S/C11H14O3/c1-6(2)8-4-5-9(12)10(7(8)3)11(13)14/h4-6,12H,1-3H3,(H,13,14). The highest BCUT2D eigenvalue weighted by molar-refractivity contribution is 5.92. The third-order valence-electron chi connectivity index (χ3n) is 2.32. The van der Waals surface area contributed by atoms with Crippen LogP contribution < -0.4 is 0 Å². The summed E-state index contributed by atoms with van der Waals surface area (Å²) in [4.78, 5) is 10.9. The van der Waals surface area contributed by atoms with E-state index in [1.807, 2.05) is 13.8 Å². The molecule has 3 heteroatoms. The van der Waals surface area contributed by atoms with Gasteiger partial charge in [-0.1, -0.05) is 19.9 Å². The van der Waals surface area contributed by atoms with Gasteiger partial charge in [-0.25, -0.2) is 4.79 Å². The zero-order valence-electron chi connectivity index (χ0n) is 8.53. The zero-order valence-corrected chi connectivity index (χ0v) is 8.53. The first-order chi connectivity index (χ1) is 6.45. The zero-order chi connectivity index (χ0) is 10.9. The van der Waals surface area contributed by atoms with Gasteiger partial charge in [-0.3, -0.25) is 0 Å². The molecule has 0 radical (unpaired) electrons. The molecule has 2 N–H and O–H groups in total. The second kappa shape index (κ2) is 3.70. The van der Waals surface area contributed by atoms with Crippen LogP contribution in [0.2, 0.25) is 0 Å². The van der Waals surface area contributed by atoms with Crippen molar-refractivity contribution in [2.75, 3.05) is 0 Å². The summed E-state index contributed by atoms with van der Waals surface area (Å²) < 4.78 is 0. The Hall–Kier alpha value is -1.51. The summed E-state index contributed by atoms with van der Waals surface area (Å²) in [7, 11) is 0. The van der Waals surface area contributed by atoms with Gasteiger partial charge in [0.15, 0.2) is 0 Å². The molecule has 0 aliphatic rings. The van der Waals surface area contributed by atoms with Gasteiger partial charge >= 0.3 is 5.97 Å². The summed E-state index contributed by atoms with van der Waals surface area (Å²) in [5, 5.41) is 18.3. The van der Waals surface area contributed by atoms with Crippen molar-refractivity contribution in [3.05, 3.63) is 28.8 Å². The molecule has 0 aliphatic heterocycles. The van der Waals surface area contributed by atoms with Crippen LogP contribution in [0.1, 0.15) is 41.3 Å². The van der Waals surface area contributed by atoms with Crippen LogP contribution in [0.25, 0.3) is 0 Å². The first-order valence-electron chi connectivity index (χ1n) is 4.51. The van der Waals surface area contributed by atoms with Crippen molar-refractivity contribution < 1.29 is 15.0 Å². The van der Waals surface area contributed by atoms with Crippen molar-refractivity contribution in [2.24, 2.45) is 0 Å². The van der Waals surface area contributed by atoms with Gasteiger partial charge in [0.25, 0.3) is 0 Å². The van der Waals surface area contributed by atoms with Gasteiger partial charge in [0.2, 0.25) is 0 Å². The van der Waals surface area contributed by atoms with E-state index in [-0.39, 0.29) is 17.2 Å². The van der Waals surface area contributed by atoms with E-state index >= 15 is 0 Å². The van der Waals surface area contributed by atoms with Crippen LogP contribution in [0.5, 0.6) is 5.75 Å². The van der Waals surface area contributed by atoms with Crippen LogP contribution >= 0.6 is 0 Å². The molecule has 0 aromatic heterocycles. The molecule has 0 unspecified atom stereocenters. The minimum Gasteiger partial charge on any atom is -0.507 e. The number of aromatic carboxylic acids is 1. The lowest BCUT2D eigenvalue weighted by Gasteiger charge is -2.12. The van der Waals surface area contributed by atoms with Crippen molar-refractivity contribution >= 4 is 5.97 Å². The number of phenols is 1. The van der Waals surface area contributed by atoms with Crippen molar-refractivity contribution in [1.82, 2.24) is 0 Å². The Morgan fingerprint density at radius 1 is 1.36 bits per heavy atom. The Bertz CT molecular complexity index is 367. The lowest BCUT2D eigenvalue weighted by Crippen LogP contribution is -2.04. The molecular formula is C11H14O3. The van der Waals surface area contributed by atoms with E-state index in [9.17, 15) is 9.90 Å². The first kappa shape index (κ1) is 10.6. The number of aromatic hydroxyl groups is 1. The van der Waals surface area contributed by atoms with Gasteiger partial charge in [-0.15, -0.1) is 0 Å². The van der Waals surface area contributed by atoms with Crippen LogP contribution in [0, 0.1) is 6.92 Å². The van der Waals surface area contributed by atoms with Crippen molar-refractivity contribution in [3.8, 4) is 5.75 Å². The van der Waals surface area contributed by atoms with Crippen LogP contribution in [-0.4, -0.2) is 16.2 Å². The Kier molecular flexibility index (Phi) is 2.79. The fourth-order valence-corrected chi connectivity index (χ4v) is 1.61. The molecule has 0 atom stereocenters. The maximum atomic E-state index is 10.9. The van der Waals surface area contributed by atoms with Crippen molar-refractivity contribution in [3.63, 3.8) is 0 Å². The Balaban J connectivity index is 3.41.